The maximum Gasteiger partial charge on any atom is 0.191 e. The Kier molecular flexibility index (Phi) is 5.67. The van der Waals surface area contributed by atoms with Crippen molar-refractivity contribution in [2.24, 2.45) is 0 Å². The second-order valence-corrected chi connectivity index (χ2v) is 5.94. The van der Waals surface area contributed by atoms with E-state index in [2.05, 4.69) is 22.3 Å². The summed E-state index contributed by atoms with van der Waals surface area (Å²) in [5, 5.41) is 3.39. The third kappa shape index (κ3) is 4.20. The summed E-state index contributed by atoms with van der Waals surface area (Å²) >= 11 is 0. The second kappa shape index (κ2) is 7.92. The second-order valence-electron chi connectivity index (χ2n) is 5.94. The Morgan fingerprint density at radius 2 is 2.09 bits per heavy atom. The fourth-order valence-electron chi connectivity index (χ4n) is 2.84. The Morgan fingerprint density at radius 3 is 2.68 bits per heavy atom. The summed E-state index contributed by atoms with van der Waals surface area (Å²) in [5.41, 5.74) is 1.29. The molecule has 2 fully saturated rings. The van der Waals surface area contributed by atoms with Crippen molar-refractivity contribution in [1.29, 1.82) is 0 Å². The van der Waals surface area contributed by atoms with Gasteiger partial charge in [-0.25, -0.2) is 0 Å². The molecule has 1 unspecified atom stereocenters. The fourth-order valence-corrected chi connectivity index (χ4v) is 2.84. The number of nitrogens with one attached hydrogen (secondary N) is 1. The zero-order chi connectivity index (χ0) is 15.2. The van der Waals surface area contributed by atoms with Gasteiger partial charge >= 0.3 is 0 Å². The number of hydrogen-bond donors (Lipinski definition) is 1. The van der Waals surface area contributed by atoms with E-state index in [1.807, 2.05) is 19.2 Å². The summed E-state index contributed by atoms with van der Waals surface area (Å²) < 4.78 is 16.5. The SMILES string of the molecule is CN[C@H](CN1CCC1)c1ccc(OCOC2CCCO2)cc1. The largest absolute Gasteiger partial charge is 0.467 e. The van der Waals surface area contributed by atoms with Crippen LogP contribution in [0.5, 0.6) is 5.75 Å². The molecule has 0 saturated carbocycles. The maximum atomic E-state index is 5.62. The number of likely N-dealkylation sites (N-methyl/N-ethyl adjacent to an activating group) is 1. The van der Waals surface area contributed by atoms with Crippen molar-refractivity contribution in [2.75, 3.05) is 40.1 Å². The lowest BCUT2D eigenvalue weighted by atomic mass is 10.0. The quantitative estimate of drug-likeness (QED) is 0.746. The van der Waals surface area contributed by atoms with Gasteiger partial charge in [0.05, 0.1) is 0 Å². The van der Waals surface area contributed by atoms with Crippen LogP contribution in [-0.2, 0) is 9.47 Å². The molecule has 5 nitrogen and oxygen atoms in total. The van der Waals surface area contributed by atoms with Gasteiger partial charge in [-0.15, -0.1) is 0 Å². The number of nitrogens with zero attached hydrogens (tertiary/aromatic N) is 1. The summed E-state index contributed by atoms with van der Waals surface area (Å²) in [6.07, 6.45) is 3.27. The predicted molar refractivity (Wildman–Crippen MR) is 84.9 cm³/mol. The van der Waals surface area contributed by atoms with Gasteiger partial charge in [-0.3, -0.25) is 0 Å². The van der Waals surface area contributed by atoms with Crippen LogP contribution in [0.1, 0.15) is 30.9 Å². The van der Waals surface area contributed by atoms with Crippen LogP contribution < -0.4 is 10.1 Å². The molecule has 0 amide bonds. The molecule has 22 heavy (non-hydrogen) atoms. The van der Waals surface area contributed by atoms with E-state index in [1.165, 1.54) is 25.1 Å². The topological polar surface area (TPSA) is 43.0 Å². The molecule has 122 valence electrons. The number of rotatable bonds is 8. The Hall–Kier alpha value is -1.14. The molecule has 2 aliphatic rings. The van der Waals surface area contributed by atoms with Crippen LogP contribution in [0.3, 0.4) is 0 Å². The van der Waals surface area contributed by atoms with Crippen LogP contribution in [0.4, 0.5) is 0 Å². The Balaban J connectivity index is 1.45. The highest BCUT2D eigenvalue weighted by Crippen LogP contribution is 2.21. The maximum absolute atomic E-state index is 5.62. The molecule has 2 saturated heterocycles. The summed E-state index contributed by atoms with van der Waals surface area (Å²) in [6, 6.07) is 8.64. The van der Waals surface area contributed by atoms with E-state index < -0.39 is 0 Å². The third-order valence-corrected chi connectivity index (χ3v) is 4.39. The Bertz CT molecular complexity index is 442. The minimum Gasteiger partial charge on any atom is -0.467 e. The molecular formula is C17H26N2O3. The molecule has 1 aromatic rings. The summed E-state index contributed by atoms with van der Waals surface area (Å²) in [7, 11) is 2.02. The highest BCUT2D eigenvalue weighted by atomic mass is 16.7. The molecule has 0 radical (unpaired) electrons. The zero-order valence-corrected chi connectivity index (χ0v) is 13.3. The average Bonchev–Trinajstić information content (AvgIpc) is 3.01. The van der Waals surface area contributed by atoms with Crippen molar-refractivity contribution >= 4 is 0 Å². The zero-order valence-electron chi connectivity index (χ0n) is 13.3. The van der Waals surface area contributed by atoms with Crippen LogP contribution in [0, 0.1) is 0 Å². The molecule has 2 heterocycles. The predicted octanol–water partition coefficient (Wildman–Crippen LogP) is 2.14. The number of ether oxygens (including phenoxy) is 3. The van der Waals surface area contributed by atoms with Gasteiger partial charge in [0.25, 0.3) is 0 Å². The van der Waals surface area contributed by atoms with Gasteiger partial charge in [-0.1, -0.05) is 12.1 Å². The first kappa shape index (κ1) is 15.7. The highest BCUT2D eigenvalue weighted by Gasteiger charge is 2.19. The average molecular weight is 306 g/mol. The summed E-state index contributed by atoms with van der Waals surface area (Å²) in [5.74, 6) is 0.834. The number of hydrogen-bond acceptors (Lipinski definition) is 5. The lowest BCUT2D eigenvalue weighted by Gasteiger charge is -2.34. The molecule has 0 spiro atoms. The minimum absolute atomic E-state index is 0.0931. The molecule has 1 aromatic carbocycles. The van der Waals surface area contributed by atoms with Gasteiger partial charge < -0.3 is 24.4 Å². The third-order valence-electron chi connectivity index (χ3n) is 4.39. The van der Waals surface area contributed by atoms with Gasteiger partial charge in [-0.05, 0) is 50.7 Å². The van der Waals surface area contributed by atoms with Crippen LogP contribution in [0.2, 0.25) is 0 Å². The first-order valence-corrected chi connectivity index (χ1v) is 8.21. The Labute approximate surface area is 132 Å². The van der Waals surface area contributed by atoms with Crippen molar-refractivity contribution in [3.05, 3.63) is 29.8 Å². The van der Waals surface area contributed by atoms with E-state index in [4.69, 9.17) is 14.2 Å². The fraction of sp³-hybridized carbons (Fsp3) is 0.647. The minimum atomic E-state index is -0.0931. The van der Waals surface area contributed by atoms with Crippen molar-refractivity contribution in [3.63, 3.8) is 0 Å². The molecule has 0 aliphatic carbocycles. The molecule has 0 aromatic heterocycles. The summed E-state index contributed by atoms with van der Waals surface area (Å²) in [4.78, 5) is 2.47. The smallest absolute Gasteiger partial charge is 0.191 e. The first-order valence-electron chi connectivity index (χ1n) is 8.21. The Morgan fingerprint density at radius 1 is 1.27 bits per heavy atom. The molecule has 3 rings (SSSR count). The normalized spacial score (nSPS) is 23.2. The monoisotopic (exact) mass is 306 g/mol. The molecule has 5 heteroatoms. The van der Waals surface area contributed by atoms with Crippen LogP contribution >= 0.6 is 0 Å². The van der Waals surface area contributed by atoms with E-state index in [0.717, 1.165) is 31.7 Å². The van der Waals surface area contributed by atoms with Crippen molar-refractivity contribution in [3.8, 4) is 5.75 Å². The molecular weight excluding hydrogens is 280 g/mol. The van der Waals surface area contributed by atoms with Crippen molar-refractivity contribution in [1.82, 2.24) is 10.2 Å². The van der Waals surface area contributed by atoms with Crippen LogP contribution in [0.15, 0.2) is 24.3 Å². The highest BCUT2D eigenvalue weighted by molar-refractivity contribution is 5.29. The molecule has 0 bridgehead atoms. The van der Waals surface area contributed by atoms with E-state index in [0.29, 0.717) is 6.04 Å². The van der Waals surface area contributed by atoms with Gasteiger partial charge in [0.2, 0.25) is 0 Å². The lowest BCUT2D eigenvalue weighted by molar-refractivity contribution is -0.149. The van der Waals surface area contributed by atoms with E-state index in [-0.39, 0.29) is 13.1 Å². The number of benzene rings is 1. The standard InChI is InChI=1S/C17H26N2O3/c1-18-16(12-19-9-3-10-19)14-5-7-15(8-6-14)21-13-22-17-4-2-11-20-17/h5-8,16-18H,2-4,9-13H2,1H3/t16-,17?/m1/s1. The van der Waals surface area contributed by atoms with E-state index >= 15 is 0 Å². The van der Waals surface area contributed by atoms with E-state index in [9.17, 15) is 0 Å². The van der Waals surface area contributed by atoms with Crippen molar-refractivity contribution in [2.45, 2.75) is 31.6 Å². The lowest BCUT2D eigenvalue weighted by Crippen LogP contribution is -2.42. The van der Waals surface area contributed by atoms with Gasteiger partial charge in [0.1, 0.15) is 5.75 Å². The van der Waals surface area contributed by atoms with Crippen molar-refractivity contribution < 1.29 is 14.2 Å². The van der Waals surface area contributed by atoms with Gasteiger partial charge in [-0.2, -0.15) is 0 Å². The van der Waals surface area contributed by atoms with Gasteiger partial charge in [0.15, 0.2) is 13.1 Å². The summed E-state index contributed by atoms with van der Waals surface area (Å²) in [6.45, 7) is 4.55. The molecule has 2 aliphatic heterocycles. The molecule has 1 N–H and O–H groups in total. The van der Waals surface area contributed by atoms with Crippen LogP contribution in [-0.4, -0.2) is 51.3 Å². The van der Waals surface area contributed by atoms with Gasteiger partial charge in [0, 0.05) is 25.6 Å². The number of likely N-dealkylation sites (tertiary alicyclic amines) is 1. The van der Waals surface area contributed by atoms with Crippen LogP contribution in [0.25, 0.3) is 0 Å². The first-order chi connectivity index (χ1) is 10.8. The van der Waals surface area contributed by atoms with E-state index in [1.54, 1.807) is 0 Å². The molecule has 2 atom stereocenters.